The second kappa shape index (κ2) is 8.99. The number of rotatable bonds is 7. The third-order valence-electron chi connectivity index (χ3n) is 4.16. The lowest BCUT2D eigenvalue weighted by Gasteiger charge is -2.28. The normalized spacial score (nSPS) is 11.5. The molecule has 1 atom stereocenters. The van der Waals surface area contributed by atoms with Crippen LogP contribution in [0.2, 0.25) is 0 Å². The zero-order valence-electron chi connectivity index (χ0n) is 15.2. The predicted octanol–water partition coefficient (Wildman–Crippen LogP) is 2.68. The van der Waals surface area contributed by atoms with Crippen LogP contribution in [0.5, 0.6) is 5.75 Å². The van der Waals surface area contributed by atoms with Gasteiger partial charge in [0.05, 0.1) is 0 Å². The third-order valence-corrected chi connectivity index (χ3v) is 4.16. The van der Waals surface area contributed by atoms with Crippen LogP contribution in [0.1, 0.15) is 18.1 Å². The van der Waals surface area contributed by atoms with Crippen LogP contribution in [0.3, 0.4) is 0 Å². The molecule has 5 nitrogen and oxygen atoms in total. The van der Waals surface area contributed by atoms with Crippen molar-refractivity contribution in [2.45, 2.75) is 26.4 Å². The van der Waals surface area contributed by atoms with E-state index in [0.29, 0.717) is 11.3 Å². The highest BCUT2D eigenvalue weighted by atomic mass is 19.1. The Morgan fingerprint density at radius 2 is 1.81 bits per heavy atom. The van der Waals surface area contributed by atoms with Crippen molar-refractivity contribution < 1.29 is 18.7 Å². The average molecular weight is 358 g/mol. The van der Waals surface area contributed by atoms with E-state index in [-0.39, 0.29) is 19.1 Å². The molecule has 0 aliphatic heterocycles. The first-order valence-corrected chi connectivity index (χ1v) is 8.37. The van der Waals surface area contributed by atoms with Crippen molar-refractivity contribution in [1.82, 2.24) is 10.2 Å². The minimum Gasteiger partial charge on any atom is -0.484 e. The van der Waals surface area contributed by atoms with E-state index in [4.69, 9.17) is 4.74 Å². The van der Waals surface area contributed by atoms with Crippen molar-refractivity contribution in [2.75, 3.05) is 13.7 Å². The number of amides is 2. The number of hydrogen-bond acceptors (Lipinski definition) is 3. The van der Waals surface area contributed by atoms with Gasteiger partial charge in [0.2, 0.25) is 5.91 Å². The Morgan fingerprint density at radius 1 is 1.15 bits per heavy atom. The Hall–Kier alpha value is -2.89. The molecular weight excluding hydrogens is 335 g/mol. The molecular formula is C20H23FN2O3. The van der Waals surface area contributed by atoms with Gasteiger partial charge in [-0.3, -0.25) is 9.59 Å². The van der Waals surface area contributed by atoms with E-state index in [0.717, 1.165) is 5.56 Å². The number of aryl methyl sites for hydroxylation is 1. The second-order valence-electron chi connectivity index (χ2n) is 5.96. The van der Waals surface area contributed by atoms with Gasteiger partial charge in [-0.15, -0.1) is 0 Å². The molecule has 0 fully saturated rings. The lowest BCUT2D eigenvalue weighted by molar-refractivity contribution is -0.142. The molecule has 0 spiro atoms. The minimum atomic E-state index is -0.757. The highest BCUT2D eigenvalue weighted by molar-refractivity contribution is 5.87. The minimum absolute atomic E-state index is 0.0166. The van der Waals surface area contributed by atoms with Crippen molar-refractivity contribution in [3.8, 4) is 5.75 Å². The molecule has 0 heterocycles. The van der Waals surface area contributed by atoms with E-state index < -0.39 is 17.8 Å². The number of ether oxygens (including phenoxy) is 1. The summed E-state index contributed by atoms with van der Waals surface area (Å²) in [6, 6.07) is 12.8. The summed E-state index contributed by atoms with van der Waals surface area (Å²) < 4.78 is 19.6. The molecule has 0 aromatic heterocycles. The van der Waals surface area contributed by atoms with E-state index in [1.807, 2.05) is 25.1 Å². The monoisotopic (exact) mass is 358 g/mol. The summed E-state index contributed by atoms with van der Waals surface area (Å²) in [6.07, 6.45) is 0. The lowest BCUT2D eigenvalue weighted by Crippen LogP contribution is -2.48. The van der Waals surface area contributed by atoms with Gasteiger partial charge in [-0.2, -0.15) is 0 Å². The quantitative estimate of drug-likeness (QED) is 0.828. The van der Waals surface area contributed by atoms with Crippen LogP contribution in [0.15, 0.2) is 48.5 Å². The molecule has 2 aromatic rings. The summed E-state index contributed by atoms with van der Waals surface area (Å²) in [4.78, 5) is 26.0. The van der Waals surface area contributed by atoms with Crippen LogP contribution in [0.4, 0.5) is 4.39 Å². The largest absolute Gasteiger partial charge is 0.484 e. The van der Waals surface area contributed by atoms with Gasteiger partial charge in [-0.1, -0.05) is 36.4 Å². The fraction of sp³-hybridized carbons (Fsp3) is 0.300. The van der Waals surface area contributed by atoms with Crippen molar-refractivity contribution in [3.05, 3.63) is 65.5 Å². The van der Waals surface area contributed by atoms with Crippen LogP contribution >= 0.6 is 0 Å². The molecule has 138 valence electrons. The van der Waals surface area contributed by atoms with Crippen LogP contribution in [-0.2, 0) is 16.1 Å². The Kier molecular flexibility index (Phi) is 6.72. The standard InChI is InChI=1S/C20H23FN2O3/c1-14-8-4-7-11-18(14)26-13-19(24)23(15(2)20(25)22-3)12-16-9-5-6-10-17(16)21/h4-11,15H,12-13H2,1-3H3,(H,22,25). The van der Waals surface area contributed by atoms with E-state index in [1.165, 1.54) is 18.0 Å². The van der Waals surface area contributed by atoms with Gasteiger partial charge in [-0.05, 0) is 31.5 Å². The van der Waals surface area contributed by atoms with Gasteiger partial charge in [0, 0.05) is 19.2 Å². The maximum Gasteiger partial charge on any atom is 0.261 e. The molecule has 2 aromatic carbocycles. The number of nitrogens with one attached hydrogen (secondary N) is 1. The average Bonchev–Trinajstić information content (AvgIpc) is 2.65. The van der Waals surface area contributed by atoms with Gasteiger partial charge < -0.3 is 15.0 Å². The smallest absolute Gasteiger partial charge is 0.261 e. The zero-order chi connectivity index (χ0) is 19.1. The van der Waals surface area contributed by atoms with Crippen LogP contribution in [-0.4, -0.2) is 36.4 Å². The van der Waals surface area contributed by atoms with Gasteiger partial charge in [-0.25, -0.2) is 4.39 Å². The van der Waals surface area contributed by atoms with Crippen LogP contribution in [0.25, 0.3) is 0 Å². The lowest BCUT2D eigenvalue weighted by atomic mass is 10.1. The fourth-order valence-corrected chi connectivity index (χ4v) is 2.54. The maximum atomic E-state index is 14.0. The highest BCUT2D eigenvalue weighted by Gasteiger charge is 2.26. The molecule has 1 N–H and O–H groups in total. The highest BCUT2D eigenvalue weighted by Crippen LogP contribution is 2.17. The van der Waals surface area contributed by atoms with Gasteiger partial charge in [0.15, 0.2) is 6.61 Å². The summed E-state index contributed by atoms with van der Waals surface area (Å²) in [5.41, 5.74) is 1.24. The van der Waals surface area contributed by atoms with Gasteiger partial charge in [0.1, 0.15) is 17.6 Å². The molecule has 0 aliphatic carbocycles. The number of para-hydroxylation sites is 1. The summed E-state index contributed by atoms with van der Waals surface area (Å²) in [7, 11) is 1.49. The van der Waals surface area contributed by atoms with Crippen molar-refractivity contribution in [3.63, 3.8) is 0 Å². The molecule has 0 bridgehead atoms. The Morgan fingerprint density at radius 3 is 2.46 bits per heavy atom. The topological polar surface area (TPSA) is 58.6 Å². The molecule has 1 unspecified atom stereocenters. The van der Waals surface area contributed by atoms with E-state index >= 15 is 0 Å². The summed E-state index contributed by atoms with van der Waals surface area (Å²) in [5.74, 6) is -0.549. The maximum absolute atomic E-state index is 14.0. The number of carbonyl (C=O) groups is 2. The third kappa shape index (κ3) is 4.81. The number of nitrogens with zero attached hydrogens (tertiary/aromatic N) is 1. The number of carbonyl (C=O) groups excluding carboxylic acids is 2. The number of likely N-dealkylation sites (N-methyl/N-ethyl adjacent to an activating group) is 1. The van der Waals surface area contributed by atoms with Gasteiger partial charge >= 0.3 is 0 Å². The van der Waals surface area contributed by atoms with Crippen LogP contribution in [0, 0.1) is 12.7 Å². The number of benzene rings is 2. The molecule has 26 heavy (non-hydrogen) atoms. The molecule has 6 heteroatoms. The molecule has 0 aliphatic rings. The summed E-state index contributed by atoms with van der Waals surface area (Å²) >= 11 is 0. The van der Waals surface area contributed by atoms with E-state index in [9.17, 15) is 14.0 Å². The molecule has 2 rings (SSSR count). The zero-order valence-corrected chi connectivity index (χ0v) is 15.2. The number of halogens is 1. The summed E-state index contributed by atoms with van der Waals surface area (Å²) in [6.45, 7) is 3.23. The molecule has 0 radical (unpaired) electrons. The van der Waals surface area contributed by atoms with Crippen LogP contribution < -0.4 is 10.1 Å². The van der Waals surface area contributed by atoms with E-state index in [2.05, 4.69) is 5.32 Å². The molecule has 0 saturated carbocycles. The Bertz CT molecular complexity index is 779. The SMILES string of the molecule is CNC(=O)C(C)N(Cc1ccccc1F)C(=O)COc1ccccc1C. The molecule has 2 amide bonds. The first kappa shape index (κ1) is 19.4. The van der Waals surface area contributed by atoms with E-state index in [1.54, 1.807) is 31.2 Å². The van der Waals surface area contributed by atoms with Crippen molar-refractivity contribution in [2.24, 2.45) is 0 Å². The fourth-order valence-electron chi connectivity index (χ4n) is 2.54. The van der Waals surface area contributed by atoms with Crippen molar-refractivity contribution in [1.29, 1.82) is 0 Å². The van der Waals surface area contributed by atoms with Crippen molar-refractivity contribution >= 4 is 11.8 Å². The molecule has 0 saturated heterocycles. The summed E-state index contributed by atoms with van der Waals surface area (Å²) in [5, 5.41) is 2.52. The van der Waals surface area contributed by atoms with Gasteiger partial charge in [0.25, 0.3) is 5.91 Å². The second-order valence-corrected chi connectivity index (χ2v) is 5.96. The first-order valence-electron chi connectivity index (χ1n) is 8.37. The first-order chi connectivity index (χ1) is 12.4. The Labute approximate surface area is 152 Å². The number of hydrogen-bond donors (Lipinski definition) is 1. The Balaban J connectivity index is 2.17. The predicted molar refractivity (Wildman–Crippen MR) is 97.2 cm³/mol.